The zero-order valence-corrected chi connectivity index (χ0v) is 10.8. The van der Waals surface area contributed by atoms with Crippen molar-refractivity contribution in [2.24, 2.45) is 5.73 Å². The van der Waals surface area contributed by atoms with Gasteiger partial charge in [0.1, 0.15) is 5.69 Å². The fraction of sp³-hybridized carbons (Fsp3) is 0.200. The zero-order chi connectivity index (χ0) is 13.7. The number of carbonyl (C=O) groups is 1. The number of carbonyl (C=O) groups excluding carboxylic acids is 1. The molecule has 0 saturated heterocycles. The predicted molar refractivity (Wildman–Crippen MR) is 74.5 cm³/mol. The lowest BCUT2D eigenvalue weighted by atomic mass is 10.1. The molecule has 2 aromatic rings. The van der Waals surface area contributed by atoms with E-state index in [-0.39, 0.29) is 11.9 Å². The van der Waals surface area contributed by atoms with E-state index in [4.69, 9.17) is 5.73 Å². The number of amides is 1. The molecule has 2 rings (SSSR count). The van der Waals surface area contributed by atoms with Crippen molar-refractivity contribution in [2.45, 2.75) is 19.5 Å². The second-order valence-corrected chi connectivity index (χ2v) is 4.36. The van der Waals surface area contributed by atoms with Crippen molar-refractivity contribution in [1.29, 1.82) is 0 Å². The molecule has 0 aliphatic rings. The summed E-state index contributed by atoms with van der Waals surface area (Å²) < 4.78 is 0. The van der Waals surface area contributed by atoms with E-state index in [2.05, 4.69) is 10.3 Å². The van der Waals surface area contributed by atoms with Crippen molar-refractivity contribution in [3.63, 3.8) is 0 Å². The van der Waals surface area contributed by atoms with E-state index in [9.17, 15) is 4.79 Å². The first kappa shape index (κ1) is 13.2. The molecule has 0 saturated carbocycles. The van der Waals surface area contributed by atoms with Gasteiger partial charge in [0.15, 0.2) is 0 Å². The van der Waals surface area contributed by atoms with Crippen molar-refractivity contribution in [2.75, 3.05) is 0 Å². The molecule has 1 heterocycles. The molecule has 0 aliphatic carbocycles. The normalized spacial score (nSPS) is 11.9. The maximum atomic E-state index is 12.0. The highest BCUT2D eigenvalue weighted by Gasteiger charge is 2.11. The lowest BCUT2D eigenvalue weighted by Crippen LogP contribution is -2.27. The number of rotatable bonds is 4. The number of benzene rings is 1. The van der Waals surface area contributed by atoms with Crippen LogP contribution in [0.4, 0.5) is 0 Å². The Labute approximate surface area is 112 Å². The highest BCUT2D eigenvalue weighted by Crippen LogP contribution is 2.11. The van der Waals surface area contributed by atoms with E-state index < -0.39 is 0 Å². The molecule has 1 atom stereocenters. The number of pyridine rings is 1. The number of aromatic nitrogens is 1. The lowest BCUT2D eigenvalue weighted by Gasteiger charge is -2.13. The van der Waals surface area contributed by atoms with Crippen LogP contribution in [-0.4, -0.2) is 10.9 Å². The monoisotopic (exact) mass is 255 g/mol. The van der Waals surface area contributed by atoms with Crippen LogP contribution in [0, 0.1) is 0 Å². The van der Waals surface area contributed by atoms with Crippen molar-refractivity contribution >= 4 is 5.91 Å². The Morgan fingerprint density at radius 3 is 2.58 bits per heavy atom. The summed E-state index contributed by atoms with van der Waals surface area (Å²) in [4.78, 5) is 16.1. The van der Waals surface area contributed by atoms with Gasteiger partial charge in [0.2, 0.25) is 0 Å². The molecular formula is C15H17N3O. The molecule has 0 spiro atoms. The molecule has 0 radical (unpaired) electrons. The van der Waals surface area contributed by atoms with Crippen LogP contribution < -0.4 is 11.1 Å². The SMILES string of the molecule is C[C@H](NC(=O)c1ccc(CN)cn1)c1ccccc1. The highest BCUT2D eigenvalue weighted by atomic mass is 16.1. The lowest BCUT2D eigenvalue weighted by molar-refractivity contribution is 0.0935. The summed E-state index contributed by atoms with van der Waals surface area (Å²) in [6.07, 6.45) is 1.63. The van der Waals surface area contributed by atoms with Crippen LogP contribution in [0.5, 0.6) is 0 Å². The smallest absolute Gasteiger partial charge is 0.270 e. The van der Waals surface area contributed by atoms with Gasteiger partial charge in [-0.2, -0.15) is 0 Å². The summed E-state index contributed by atoms with van der Waals surface area (Å²) in [6, 6.07) is 13.3. The molecule has 1 aromatic heterocycles. The van der Waals surface area contributed by atoms with E-state index >= 15 is 0 Å². The topological polar surface area (TPSA) is 68.0 Å². The molecule has 0 fully saturated rings. The van der Waals surface area contributed by atoms with Crippen LogP contribution in [0.25, 0.3) is 0 Å². The van der Waals surface area contributed by atoms with Crippen molar-refractivity contribution in [3.05, 3.63) is 65.5 Å². The second kappa shape index (κ2) is 6.11. The zero-order valence-electron chi connectivity index (χ0n) is 10.8. The van der Waals surface area contributed by atoms with Gasteiger partial charge in [-0.3, -0.25) is 9.78 Å². The van der Waals surface area contributed by atoms with Crippen LogP contribution in [0.1, 0.15) is 34.6 Å². The summed E-state index contributed by atoms with van der Waals surface area (Å²) >= 11 is 0. The predicted octanol–water partition coefficient (Wildman–Crippen LogP) is 2.03. The Morgan fingerprint density at radius 1 is 1.26 bits per heavy atom. The molecule has 0 aliphatic heterocycles. The summed E-state index contributed by atoms with van der Waals surface area (Å²) in [7, 11) is 0. The molecular weight excluding hydrogens is 238 g/mol. The molecule has 3 N–H and O–H groups in total. The number of nitrogens with one attached hydrogen (secondary N) is 1. The van der Waals surface area contributed by atoms with Gasteiger partial charge in [0, 0.05) is 12.7 Å². The van der Waals surface area contributed by atoms with E-state index in [1.807, 2.05) is 43.3 Å². The second-order valence-electron chi connectivity index (χ2n) is 4.36. The average molecular weight is 255 g/mol. The third-order valence-electron chi connectivity index (χ3n) is 2.94. The summed E-state index contributed by atoms with van der Waals surface area (Å²) in [5.74, 6) is -0.181. The Morgan fingerprint density at radius 2 is 2.00 bits per heavy atom. The molecule has 1 aromatic carbocycles. The van der Waals surface area contributed by atoms with Gasteiger partial charge in [-0.1, -0.05) is 36.4 Å². The summed E-state index contributed by atoms with van der Waals surface area (Å²) in [5.41, 5.74) is 7.87. The third kappa shape index (κ3) is 3.39. The van der Waals surface area contributed by atoms with Crippen molar-refractivity contribution in [3.8, 4) is 0 Å². The summed E-state index contributed by atoms with van der Waals surface area (Å²) in [5, 5.41) is 2.92. The number of hydrogen-bond donors (Lipinski definition) is 2. The highest BCUT2D eigenvalue weighted by molar-refractivity contribution is 5.92. The molecule has 98 valence electrons. The Balaban J connectivity index is 2.04. The molecule has 4 nitrogen and oxygen atoms in total. The molecule has 1 amide bonds. The first-order valence-corrected chi connectivity index (χ1v) is 6.21. The first-order chi connectivity index (χ1) is 9.20. The van der Waals surface area contributed by atoms with E-state index in [1.165, 1.54) is 0 Å². The van der Waals surface area contributed by atoms with E-state index in [0.717, 1.165) is 11.1 Å². The van der Waals surface area contributed by atoms with Gasteiger partial charge in [-0.15, -0.1) is 0 Å². The van der Waals surface area contributed by atoms with Gasteiger partial charge < -0.3 is 11.1 Å². The quantitative estimate of drug-likeness (QED) is 0.878. The van der Waals surface area contributed by atoms with E-state index in [0.29, 0.717) is 12.2 Å². The minimum Gasteiger partial charge on any atom is -0.344 e. The van der Waals surface area contributed by atoms with Gasteiger partial charge in [-0.25, -0.2) is 0 Å². The Bertz CT molecular complexity index is 537. The maximum Gasteiger partial charge on any atom is 0.270 e. The van der Waals surface area contributed by atoms with Gasteiger partial charge >= 0.3 is 0 Å². The number of nitrogens with zero attached hydrogens (tertiary/aromatic N) is 1. The Kier molecular flexibility index (Phi) is 4.26. The van der Waals surface area contributed by atoms with Crippen molar-refractivity contribution < 1.29 is 4.79 Å². The van der Waals surface area contributed by atoms with Crippen LogP contribution in [0.3, 0.4) is 0 Å². The molecule has 4 heteroatoms. The molecule has 19 heavy (non-hydrogen) atoms. The fourth-order valence-corrected chi connectivity index (χ4v) is 1.78. The van der Waals surface area contributed by atoms with Crippen LogP contribution in [0.2, 0.25) is 0 Å². The fourth-order valence-electron chi connectivity index (χ4n) is 1.78. The van der Waals surface area contributed by atoms with Gasteiger partial charge in [0.05, 0.1) is 6.04 Å². The summed E-state index contributed by atoms with van der Waals surface area (Å²) in [6.45, 7) is 2.37. The minimum atomic E-state index is -0.181. The van der Waals surface area contributed by atoms with Gasteiger partial charge in [-0.05, 0) is 24.1 Å². The maximum absolute atomic E-state index is 12.0. The van der Waals surface area contributed by atoms with Crippen LogP contribution >= 0.6 is 0 Å². The third-order valence-corrected chi connectivity index (χ3v) is 2.94. The standard InChI is InChI=1S/C15H17N3O/c1-11(13-5-3-2-4-6-13)18-15(19)14-8-7-12(9-16)10-17-14/h2-8,10-11H,9,16H2,1H3,(H,18,19)/t11-/m0/s1. The largest absolute Gasteiger partial charge is 0.344 e. The van der Waals surface area contributed by atoms with Crippen LogP contribution in [0.15, 0.2) is 48.7 Å². The van der Waals surface area contributed by atoms with Gasteiger partial charge in [0.25, 0.3) is 5.91 Å². The molecule has 0 bridgehead atoms. The van der Waals surface area contributed by atoms with Crippen molar-refractivity contribution in [1.82, 2.24) is 10.3 Å². The number of nitrogens with two attached hydrogens (primary N) is 1. The minimum absolute atomic E-state index is 0.0512. The van der Waals surface area contributed by atoms with Crippen LogP contribution in [-0.2, 0) is 6.54 Å². The molecule has 0 unspecified atom stereocenters. The first-order valence-electron chi connectivity index (χ1n) is 6.21. The Hall–Kier alpha value is -2.20. The average Bonchev–Trinajstić information content (AvgIpc) is 2.48. The number of hydrogen-bond acceptors (Lipinski definition) is 3. The van der Waals surface area contributed by atoms with E-state index in [1.54, 1.807) is 12.3 Å².